The molecule has 0 aromatic heterocycles. The quantitative estimate of drug-likeness (QED) is 0.495. The number of nitrogens with zero attached hydrogens (tertiary/aromatic N) is 1. The first-order valence-electron chi connectivity index (χ1n) is 11.0. The fourth-order valence-corrected chi connectivity index (χ4v) is 5.02. The Kier molecular flexibility index (Phi) is 6.63. The van der Waals surface area contributed by atoms with E-state index < -0.39 is 10.0 Å². The molecule has 3 aromatic carbocycles. The third kappa shape index (κ3) is 5.86. The minimum atomic E-state index is -3.61. The highest BCUT2D eigenvalue weighted by molar-refractivity contribution is 7.92. The van der Waals surface area contributed by atoms with Crippen molar-refractivity contribution in [2.45, 2.75) is 37.3 Å². The molecule has 0 spiro atoms. The Hall–Kier alpha value is -3.03. The first-order chi connectivity index (χ1) is 15.7. The Morgan fingerprint density at radius 2 is 1.79 bits per heavy atom. The van der Waals surface area contributed by atoms with Gasteiger partial charge in [-0.05, 0) is 56.8 Å². The van der Waals surface area contributed by atoms with Gasteiger partial charge in [-0.3, -0.25) is 9.62 Å². The summed E-state index contributed by atoms with van der Waals surface area (Å²) in [6.45, 7) is 6.07. The van der Waals surface area contributed by atoms with E-state index in [1.165, 1.54) is 5.56 Å². The maximum Gasteiger partial charge on any atom is 0.261 e. The fourth-order valence-electron chi connectivity index (χ4n) is 3.95. The topological polar surface area (TPSA) is 67.9 Å². The minimum absolute atomic E-state index is 0.203. The van der Waals surface area contributed by atoms with Crippen molar-refractivity contribution in [2.24, 2.45) is 0 Å². The van der Waals surface area contributed by atoms with E-state index in [0.29, 0.717) is 25.4 Å². The largest absolute Gasteiger partial charge is 0.488 e. The van der Waals surface area contributed by atoms with Crippen LogP contribution < -0.4 is 14.2 Å². The zero-order valence-electron chi connectivity index (χ0n) is 19.2. The second-order valence-electron chi connectivity index (χ2n) is 8.99. The molecule has 1 N–H and O–H groups in total. The van der Waals surface area contributed by atoms with Gasteiger partial charge in [-0.15, -0.1) is 0 Å². The summed E-state index contributed by atoms with van der Waals surface area (Å²) < 4.78 is 39.9. The summed E-state index contributed by atoms with van der Waals surface area (Å²) in [5.41, 5.74) is 2.53. The molecule has 0 amide bonds. The van der Waals surface area contributed by atoms with E-state index in [0.717, 1.165) is 23.5 Å². The molecule has 4 rings (SSSR count). The highest BCUT2D eigenvalue weighted by Gasteiger charge is 2.32. The molecule has 0 saturated heterocycles. The monoisotopic (exact) mass is 466 g/mol. The second kappa shape index (κ2) is 9.45. The molecule has 7 heteroatoms. The molecule has 174 valence electrons. The maximum absolute atomic E-state index is 12.6. The van der Waals surface area contributed by atoms with Crippen LogP contribution in [0, 0.1) is 0 Å². The van der Waals surface area contributed by atoms with Gasteiger partial charge in [0.05, 0.1) is 4.90 Å². The Bertz CT molecular complexity index is 1210. The number of para-hydroxylation sites is 1. The normalized spacial score (nSPS) is 14.5. The van der Waals surface area contributed by atoms with Crippen molar-refractivity contribution in [1.29, 1.82) is 0 Å². The number of fused-ring (bicyclic) bond motifs is 1. The van der Waals surface area contributed by atoms with Gasteiger partial charge in [0.15, 0.2) is 11.5 Å². The number of nitrogens with one attached hydrogen (secondary N) is 1. The average Bonchev–Trinajstić information content (AvgIpc) is 3.09. The van der Waals surface area contributed by atoms with E-state index in [9.17, 15) is 8.42 Å². The summed E-state index contributed by atoms with van der Waals surface area (Å²) in [6.07, 6.45) is 0.879. The number of likely N-dealkylation sites (N-methyl/N-ethyl adjacent to an activating group) is 1. The second-order valence-corrected chi connectivity index (χ2v) is 10.7. The van der Waals surface area contributed by atoms with Crippen molar-refractivity contribution in [3.05, 3.63) is 83.9 Å². The molecule has 0 aliphatic carbocycles. The van der Waals surface area contributed by atoms with Crippen LogP contribution in [0.4, 0.5) is 5.69 Å². The smallest absolute Gasteiger partial charge is 0.261 e. The van der Waals surface area contributed by atoms with Gasteiger partial charge in [0.25, 0.3) is 10.0 Å². The van der Waals surface area contributed by atoms with E-state index in [-0.39, 0.29) is 10.5 Å². The van der Waals surface area contributed by atoms with Crippen molar-refractivity contribution in [2.75, 3.05) is 24.9 Å². The number of hydrogen-bond donors (Lipinski definition) is 1. The van der Waals surface area contributed by atoms with Gasteiger partial charge in [0.1, 0.15) is 12.2 Å². The number of ether oxygens (including phenoxy) is 2. The molecule has 0 atom stereocenters. The van der Waals surface area contributed by atoms with Crippen LogP contribution in [-0.2, 0) is 23.0 Å². The van der Waals surface area contributed by atoms with Gasteiger partial charge in [-0.1, -0.05) is 42.5 Å². The van der Waals surface area contributed by atoms with Crippen molar-refractivity contribution >= 4 is 15.7 Å². The summed E-state index contributed by atoms with van der Waals surface area (Å²) in [4.78, 5) is 2.38. The molecule has 0 fully saturated rings. The van der Waals surface area contributed by atoms with Crippen LogP contribution in [0.2, 0.25) is 0 Å². The molecule has 1 aliphatic heterocycles. The van der Waals surface area contributed by atoms with Crippen LogP contribution in [0.5, 0.6) is 11.5 Å². The van der Waals surface area contributed by atoms with Gasteiger partial charge in [-0.25, -0.2) is 8.42 Å². The maximum atomic E-state index is 12.6. The van der Waals surface area contributed by atoms with Gasteiger partial charge in [0.2, 0.25) is 0 Å². The predicted octanol–water partition coefficient (Wildman–Crippen LogP) is 4.71. The summed E-state index contributed by atoms with van der Waals surface area (Å²) in [5, 5.41) is 0. The number of sulfonamides is 1. The Morgan fingerprint density at radius 1 is 1.03 bits per heavy atom. The van der Waals surface area contributed by atoms with E-state index in [2.05, 4.69) is 29.5 Å². The lowest BCUT2D eigenvalue weighted by Crippen LogP contribution is -2.25. The van der Waals surface area contributed by atoms with Crippen molar-refractivity contribution in [3.8, 4) is 11.5 Å². The van der Waals surface area contributed by atoms with Gasteiger partial charge < -0.3 is 9.47 Å². The van der Waals surface area contributed by atoms with Crippen LogP contribution in [0.1, 0.15) is 25.0 Å². The predicted molar refractivity (Wildman–Crippen MR) is 130 cm³/mol. The molecule has 0 bridgehead atoms. The molecule has 6 nitrogen and oxygen atoms in total. The van der Waals surface area contributed by atoms with Gasteiger partial charge in [-0.2, -0.15) is 0 Å². The van der Waals surface area contributed by atoms with Crippen LogP contribution >= 0.6 is 0 Å². The lowest BCUT2D eigenvalue weighted by molar-refractivity contribution is 0.130. The van der Waals surface area contributed by atoms with Gasteiger partial charge in [0, 0.05) is 30.8 Å². The van der Waals surface area contributed by atoms with E-state index in [1.807, 2.05) is 37.4 Å². The first kappa shape index (κ1) is 23.1. The first-order valence-corrected chi connectivity index (χ1v) is 12.5. The molecular formula is C26H30N2O4S. The third-order valence-electron chi connectivity index (χ3n) is 5.47. The van der Waals surface area contributed by atoms with E-state index >= 15 is 0 Å². The number of rotatable bonds is 9. The summed E-state index contributed by atoms with van der Waals surface area (Å²) in [7, 11) is -1.60. The lowest BCUT2D eigenvalue weighted by atomic mass is 10.0. The van der Waals surface area contributed by atoms with Gasteiger partial charge >= 0.3 is 0 Å². The zero-order valence-corrected chi connectivity index (χ0v) is 20.1. The summed E-state index contributed by atoms with van der Waals surface area (Å²) >= 11 is 0. The number of benzene rings is 3. The molecule has 1 aliphatic rings. The Morgan fingerprint density at radius 3 is 2.58 bits per heavy atom. The standard InChI is InChI=1S/C26H30N2O4S/c1-26(2)18-21-10-8-14-24(25(21)32-26)31-16-15-28(3)19-20-9-7-11-22(17-20)27-33(29,30)23-12-5-4-6-13-23/h4-14,17,27H,15-16,18-19H2,1-3H3. The lowest BCUT2D eigenvalue weighted by Gasteiger charge is -2.20. The minimum Gasteiger partial charge on any atom is -0.488 e. The summed E-state index contributed by atoms with van der Waals surface area (Å²) in [6, 6.07) is 21.8. The molecule has 0 saturated carbocycles. The van der Waals surface area contributed by atoms with Crippen LogP contribution in [-0.4, -0.2) is 39.1 Å². The molecule has 0 unspecified atom stereocenters. The highest BCUT2D eigenvalue weighted by atomic mass is 32.2. The van der Waals surface area contributed by atoms with E-state index in [4.69, 9.17) is 9.47 Å². The number of hydrogen-bond acceptors (Lipinski definition) is 5. The van der Waals surface area contributed by atoms with Crippen molar-refractivity contribution in [1.82, 2.24) is 4.90 Å². The molecule has 1 heterocycles. The fraction of sp³-hybridized carbons (Fsp3) is 0.308. The molecular weight excluding hydrogens is 436 g/mol. The Balaban J connectivity index is 1.32. The van der Waals surface area contributed by atoms with Crippen LogP contribution in [0.3, 0.4) is 0 Å². The summed E-state index contributed by atoms with van der Waals surface area (Å²) in [5.74, 6) is 1.63. The highest BCUT2D eigenvalue weighted by Crippen LogP contribution is 2.41. The Labute approximate surface area is 196 Å². The zero-order chi connectivity index (χ0) is 23.5. The molecule has 3 aromatic rings. The SMILES string of the molecule is CN(CCOc1cccc2c1OC(C)(C)C2)Cc1cccc(NS(=O)(=O)c2ccccc2)c1. The number of anilines is 1. The van der Waals surface area contributed by atoms with Crippen LogP contribution in [0.25, 0.3) is 0 Å². The third-order valence-corrected chi connectivity index (χ3v) is 6.87. The van der Waals surface area contributed by atoms with Crippen molar-refractivity contribution < 1.29 is 17.9 Å². The van der Waals surface area contributed by atoms with Crippen LogP contribution in [0.15, 0.2) is 77.7 Å². The average molecular weight is 467 g/mol. The van der Waals surface area contributed by atoms with Crippen molar-refractivity contribution in [3.63, 3.8) is 0 Å². The molecule has 0 radical (unpaired) electrons. The molecule has 33 heavy (non-hydrogen) atoms. The van der Waals surface area contributed by atoms with E-state index in [1.54, 1.807) is 36.4 Å².